The molecule has 0 radical (unpaired) electrons. The summed E-state index contributed by atoms with van der Waals surface area (Å²) in [5, 5.41) is 0. The largest absolute Gasteiger partial charge is 0.338 e. The molecule has 46 heavy (non-hydrogen) atoms. The quantitative estimate of drug-likeness (QED) is 0.204. The van der Waals surface area contributed by atoms with Crippen molar-refractivity contribution in [1.82, 2.24) is 9.97 Å². The fourth-order valence-electron chi connectivity index (χ4n) is 8.79. The van der Waals surface area contributed by atoms with Crippen molar-refractivity contribution in [3.05, 3.63) is 168 Å². The van der Waals surface area contributed by atoms with E-state index in [1.54, 1.807) is 0 Å². The first-order valence-corrected chi connectivity index (χ1v) is 16.5. The Morgan fingerprint density at radius 2 is 1.09 bits per heavy atom. The van der Waals surface area contributed by atoms with E-state index in [-0.39, 0.29) is 5.41 Å². The molecular weight excluding hydrogens is 558 g/mol. The van der Waals surface area contributed by atoms with E-state index in [0.717, 1.165) is 0 Å². The molecule has 4 aromatic carbocycles. The van der Waals surface area contributed by atoms with Crippen LogP contribution in [0, 0.1) is 5.92 Å². The van der Waals surface area contributed by atoms with Gasteiger partial charge in [-0.15, -0.1) is 0 Å². The molecule has 2 aliphatic carbocycles. The van der Waals surface area contributed by atoms with E-state index >= 15 is 0 Å². The lowest BCUT2D eigenvalue weighted by Crippen LogP contribution is -2.55. The summed E-state index contributed by atoms with van der Waals surface area (Å²) in [6.07, 6.45) is 17.1. The molecule has 3 nitrogen and oxygen atoms in total. The predicted molar refractivity (Wildman–Crippen MR) is 189 cm³/mol. The van der Waals surface area contributed by atoms with Crippen molar-refractivity contribution in [1.29, 1.82) is 0 Å². The van der Waals surface area contributed by atoms with Crippen LogP contribution >= 0.6 is 0 Å². The second-order valence-electron chi connectivity index (χ2n) is 12.9. The van der Waals surface area contributed by atoms with Crippen molar-refractivity contribution >= 4 is 23.5 Å². The topological polar surface area (TPSA) is 29.0 Å². The van der Waals surface area contributed by atoms with Crippen LogP contribution in [0.4, 0.5) is 11.4 Å². The number of hydrogen-bond donors (Lipinski definition) is 0. The minimum absolute atomic E-state index is 0.354. The summed E-state index contributed by atoms with van der Waals surface area (Å²) >= 11 is 0. The number of benzene rings is 4. The van der Waals surface area contributed by atoms with Crippen molar-refractivity contribution in [2.75, 3.05) is 4.90 Å². The second-order valence-corrected chi connectivity index (χ2v) is 12.9. The maximum atomic E-state index is 4.32. The smallest absolute Gasteiger partial charge is 0.0531 e. The lowest BCUT2D eigenvalue weighted by molar-refractivity contribution is 0.220. The molecule has 0 amide bonds. The maximum absolute atomic E-state index is 4.32. The molecule has 1 saturated carbocycles. The van der Waals surface area contributed by atoms with Gasteiger partial charge in [0.15, 0.2) is 0 Å². The minimum Gasteiger partial charge on any atom is -0.338 e. The zero-order valence-corrected chi connectivity index (χ0v) is 25.8. The first kappa shape index (κ1) is 27.1. The van der Waals surface area contributed by atoms with Gasteiger partial charge in [-0.25, -0.2) is 0 Å². The Morgan fingerprint density at radius 1 is 0.522 bits per heavy atom. The molecular formula is C43H35N3. The van der Waals surface area contributed by atoms with Crippen LogP contribution in [0.5, 0.6) is 0 Å². The van der Waals surface area contributed by atoms with Crippen LogP contribution < -0.4 is 4.90 Å². The summed E-state index contributed by atoms with van der Waals surface area (Å²) in [5.74, 6) is 0.370. The number of para-hydroxylation sites is 2. The number of hydrogen-bond acceptors (Lipinski definition) is 3. The number of fused-ring (bicyclic) bond motifs is 8. The highest BCUT2D eigenvalue weighted by atomic mass is 15.2. The Morgan fingerprint density at radius 3 is 1.72 bits per heavy atom. The third-order valence-electron chi connectivity index (χ3n) is 10.7. The van der Waals surface area contributed by atoms with Gasteiger partial charge >= 0.3 is 0 Å². The first-order chi connectivity index (χ1) is 22.8. The summed E-state index contributed by atoms with van der Waals surface area (Å²) in [6, 6.07) is 43.5. The summed E-state index contributed by atoms with van der Waals surface area (Å²) in [7, 11) is 0. The van der Waals surface area contributed by atoms with Crippen LogP contribution in [0.15, 0.2) is 140 Å². The highest BCUT2D eigenvalue weighted by Gasteiger charge is 2.55. The fourth-order valence-corrected chi connectivity index (χ4v) is 8.79. The van der Waals surface area contributed by atoms with Gasteiger partial charge in [0, 0.05) is 42.2 Å². The van der Waals surface area contributed by atoms with Crippen LogP contribution in [-0.4, -0.2) is 16.0 Å². The van der Waals surface area contributed by atoms with Gasteiger partial charge in [-0.3, -0.25) is 9.97 Å². The van der Waals surface area contributed by atoms with Crippen molar-refractivity contribution in [3.8, 4) is 22.3 Å². The van der Waals surface area contributed by atoms with Gasteiger partial charge in [-0.05, 0) is 123 Å². The van der Waals surface area contributed by atoms with E-state index in [0.29, 0.717) is 12.0 Å². The summed E-state index contributed by atoms with van der Waals surface area (Å²) in [6.45, 7) is 0. The van der Waals surface area contributed by atoms with Crippen LogP contribution in [0.25, 0.3) is 34.4 Å². The first-order valence-electron chi connectivity index (χ1n) is 16.5. The van der Waals surface area contributed by atoms with E-state index in [1.807, 2.05) is 24.8 Å². The van der Waals surface area contributed by atoms with Crippen LogP contribution in [0.1, 0.15) is 53.5 Å². The second kappa shape index (κ2) is 11.0. The number of pyridine rings is 2. The zero-order chi connectivity index (χ0) is 30.5. The van der Waals surface area contributed by atoms with Crippen molar-refractivity contribution < 1.29 is 0 Å². The lowest BCUT2D eigenvalue weighted by Gasteiger charge is -2.57. The van der Waals surface area contributed by atoms with Gasteiger partial charge in [0.05, 0.1) is 5.41 Å². The number of nitrogens with zero attached hydrogens (tertiary/aromatic N) is 3. The molecule has 0 saturated heterocycles. The standard InChI is InChI=1S/C43H35N3/c1-2-8-36(9-3-1)46-41-12-6-4-10-37(41)43(38-11-5-7-13-42(38)46)39-28-34(30-20-24-44-25-21-30)18-16-32(39)14-15-33-17-19-35(29-40(33)43)31-22-26-45-27-23-31/h1-4,6,8-10,12,14-29,38,42H,5,7,11,13H2/t38?,42-/m0/s1. The molecule has 3 aliphatic rings. The number of anilines is 2. The molecule has 9 rings (SSSR count). The molecule has 2 atom stereocenters. The number of aromatic nitrogens is 2. The Balaban J connectivity index is 1.41. The molecule has 1 fully saturated rings. The normalized spacial score (nSPS) is 19.0. The molecule has 1 aliphatic heterocycles. The van der Waals surface area contributed by atoms with Crippen LogP contribution in [-0.2, 0) is 5.41 Å². The average molecular weight is 594 g/mol. The molecule has 1 unspecified atom stereocenters. The Labute approximate surface area is 270 Å². The number of rotatable bonds is 3. The van der Waals surface area contributed by atoms with Crippen LogP contribution in [0.3, 0.4) is 0 Å². The van der Waals surface area contributed by atoms with E-state index in [9.17, 15) is 0 Å². The Kier molecular flexibility index (Phi) is 6.45. The molecule has 222 valence electrons. The molecule has 2 aromatic heterocycles. The van der Waals surface area contributed by atoms with Gasteiger partial charge in [-0.2, -0.15) is 0 Å². The average Bonchev–Trinajstić information content (AvgIpc) is 3.28. The highest BCUT2D eigenvalue weighted by molar-refractivity contribution is 5.86. The molecule has 0 N–H and O–H groups in total. The molecule has 0 bridgehead atoms. The summed E-state index contributed by atoms with van der Waals surface area (Å²) in [5.41, 5.74) is 13.9. The summed E-state index contributed by atoms with van der Waals surface area (Å²) in [4.78, 5) is 11.3. The Bertz CT molecular complexity index is 1970. The maximum Gasteiger partial charge on any atom is 0.0531 e. The highest BCUT2D eigenvalue weighted by Crippen LogP contribution is 2.61. The zero-order valence-electron chi connectivity index (χ0n) is 25.8. The van der Waals surface area contributed by atoms with E-state index < -0.39 is 0 Å². The third kappa shape index (κ3) is 4.11. The monoisotopic (exact) mass is 593 g/mol. The van der Waals surface area contributed by atoms with Gasteiger partial charge in [0.1, 0.15) is 0 Å². The van der Waals surface area contributed by atoms with Gasteiger partial charge in [0.2, 0.25) is 0 Å². The molecule has 6 aromatic rings. The Hall–Kier alpha value is -5.28. The third-order valence-corrected chi connectivity index (χ3v) is 10.7. The van der Waals surface area contributed by atoms with E-state index in [1.165, 1.54) is 87.1 Å². The SMILES string of the molecule is C1=Cc2ccc(-c3ccncc3)cc2C2(c3cc(-c4ccncc4)ccc31)c1ccccc1N(c1ccccc1)[C@H]1CCCCC12. The van der Waals surface area contributed by atoms with Crippen molar-refractivity contribution in [2.45, 2.75) is 37.1 Å². The van der Waals surface area contributed by atoms with Gasteiger partial charge in [-0.1, -0.05) is 85.7 Å². The van der Waals surface area contributed by atoms with Crippen molar-refractivity contribution in [3.63, 3.8) is 0 Å². The fraction of sp³-hybridized carbons (Fsp3) is 0.163. The van der Waals surface area contributed by atoms with E-state index in [4.69, 9.17) is 0 Å². The predicted octanol–water partition coefficient (Wildman–Crippen LogP) is 10.3. The van der Waals surface area contributed by atoms with Gasteiger partial charge in [0.25, 0.3) is 0 Å². The van der Waals surface area contributed by atoms with Gasteiger partial charge < -0.3 is 4.90 Å². The van der Waals surface area contributed by atoms with E-state index in [2.05, 4.69) is 142 Å². The molecule has 3 heteroatoms. The summed E-state index contributed by atoms with van der Waals surface area (Å²) < 4.78 is 0. The van der Waals surface area contributed by atoms with Crippen LogP contribution in [0.2, 0.25) is 0 Å². The minimum atomic E-state index is -0.354. The van der Waals surface area contributed by atoms with Crippen molar-refractivity contribution in [2.24, 2.45) is 5.92 Å². The molecule has 1 spiro atoms. The lowest BCUT2D eigenvalue weighted by atomic mass is 9.53. The molecule has 3 heterocycles.